The van der Waals surface area contributed by atoms with Gasteiger partial charge in [-0.2, -0.15) is 0 Å². The molecule has 2 aromatic carbocycles. The van der Waals surface area contributed by atoms with Crippen LogP contribution in [0, 0.1) is 11.7 Å². The highest BCUT2D eigenvalue weighted by atomic mass is 19.1. The monoisotopic (exact) mass is 603 g/mol. The minimum absolute atomic E-state index is 0.0842. The van der Waals surface area contributed by atoms with Crippen LogP contribution in [-0.2, 0) is 22.6 Å². The summed E-state index contributed by atoms with van der Waals surface area (Å²) in [6.07, 6.45) is -0.902. The van der Waals surface area contributed by atoms with Gasteiger partial charge in [0.05, 0.1) is 13.2 Å². The lowest BCUT2D eigenvalue weighted by Crippen LogP contribution is -2.49. The maximum absolute atomic E-state index is 13.3. The van der Waals surface area contributed by atoms with Crippen molar-refractivity contribution in [2.75, 3.05) is 33.4 Å². The number of nitrogens with one attached hydrogen (secondary N) is 1. The van der Waals surface area contributed by atoms with Gasteiger partial charge < -0.3 is 45.0 Å². The first-order valence-corrected chi connectivity index (χ1v) is 14.3. The van der Waals surface area contributed by atoms with Gasteiger partial charge in [0.25, 0.3) is 0 Å². The second kappa shape index (κ2) is 16.1. The van der Waals surface area contributed by atoms with Crippen molar-refractivity contribution in [2.24, 2.45) is 5.92 Å². The zero-order chi connectivity index (χ0) is 31.5. The molecule has 4 rings (SSSR count). The topological polar surface area (TPSA) is 152 Å². The Hall–Kier alpha value is -3.87. The quantitative estimate of drug-likeness (QED) is 0.258. The highest BCUT2D eigenvalue weighted by Crippen LogP contribution is 2.21. The lowest BCUT2D eigenvalue weighted by atomic mass is 10.0. The predicted molar refractivity (Wildman–Crippen MR) is 157 cm³/mol. The molecule has 1 fully saturated rings. The first-order chi connectivity index (χ1) is 20.5. The van der Waals surface area contributed by atoms with Crippen LogP contribution >= 0.6 is 0 Å². The Labute approximate surface area is 251 Å². The molecule has 0 aliphatic carbocycles. The standard InChI is InChI=1S/C25H34FN3O2.C6H8O6/c1-19(2)18-31-24-10-6-20(7-11-24)16-27-25(30)29(23-12-14-28(3)15-13-23)17-21-4-8-22(26)9-5-21;7-1-2(8)5-3(9)4(10)6(11)12-5/h4-11,19,23H,12-18H2,1-3H3,(H,27,30);2,5,7-10H,1H2/t;2-,5-/m.1/s1. The molecule has 0 bridgehead atoms. The Kier molecular flexibility index (Phi) is 12.6. The van der Waals surface area contributed by atoms with Crippen molar-refractivity contribution in [2.45, 2.75) is 58.0 Å². The minimum Gasteiger partial charge on any atom is -0.505 e. The van der Waals surface area contributed by atoms with Crippen LogP contribution < -0.4 is 10.1 Å². The summed E-state index contributed by atoms with van der Waals surface area (Å²) in [5.41, 5.74) is 1.96. The number of hydrogen-bond acceptors (Lipinski definition) is 9. The van der Waals surface area contributed by atoms with Crippen molar-refractivity contribution < 1.29 is 43.9 Å². The van der Waals surface area contributed by atoms with Gasteiger partial charge in [-0.25, -0.2) is 14.0 Å². The Morgan fingerprint density at radius 1 is 1.09 bits per heavy atom. The average Bonchev–Trinajstić information content (AvgIpc) is 3.26. The third-order valence-electron chi connectivity index (χ3n) is 7.08. The van der Waals surface area contributed by atoms with Crippen molar-refractivity contribution in [3.05, 3.63) is 77.0 Å². The van der Waals surface area contributed by atoms with Gasteiger partial charge in [0.1, 0.15) is 17.7 Å². The van der Waals surface area contributed by atoms with Crippen LogP contribution in [-0.4, -0.2) is 93.8 Å². The molecule has 0 unspecified atom stereocenters. The van der Waals surface area contributed by atoms with Gasteiger partial charge in [0.2, 0.25) is 5.76 Å². The Morgan fingerprint density at radius 3 is 2.23 bits per heavy atom. The van der Waals surface area contributed by atoms with Gasteiger partial charge >= 0.3 is 12.0 Å². The first kappa shape index (κ1) is 33.6. The van der Waals surface area contributed by atoms with E-state index in [1.54, 1.807) is 12.1 Å². The summed E-state index contributed by atoms with van der Waals surface area (Å²) in [5.74, 6) is -1.72. The number of amides is 2. The molecule has 0 saturated carbocycles. The van der Waals surface area contributed by atoms with E-state index < -0.39 is 36.3 Å². The van der Waals surface area contributed by atoms with Gasteiger partial charge in [-0.1, -0.05) is 38.1 Å². The molecule has 2 aliphatic heterocycles. The van der Waals surface area contributed by atoms with Crippen molar-refractivity contribution >= 4 is 12.0 Å². The van der Waals surface area contributed by atoms with E-state index in [9.17, 15) is 14.0 Å². The zero-order valence-electron chi connectivity index (χ0n) is 24.8. The van der Waals surface area contributed by atoms with E-state index in [1.165, 1.54) is 12.1 Å². The molecule has 43 heavy (non-hydrogen) atoms. The number of carbonyl (C=O) groups is 2. The molecule has 0 spiro atoms. The second-order valence-electron chi connectivity index (χ2n) is 11.1. The Morgan fingerprint density at radius 2 is 1.70 bits per heavy atom. The largest absolute Gasteiger partial charge is 0.505 e. The molecule has 0 aromatic heterocycles. The third-order valence-corrected chi connectivity index (χ3v) is 7.08. The zero-order valence-corrected chi connectivity index (χ0v) is 24.8. The lowest BCUT2D eigenvalue weighted by molar-refractivity contribution is -0.147. The van der Waals surface area contributed by atoms with E-state index in [0.29, 0.717) is 25.6 Å². The summed E-state index contributed by atoms with van der Waals surface area (Å²) in [6.45, 7) is 7.11. The smallest absolute Gasteiger partial charge is 0.377 e. The average molecular weight is 604 g/mol. The van der Waals surface area contributed by atoms with E-state index in [-0.39, 0.29) is 17.9 Å². The number of cyclic esters (lactones) is 1. The fourth-order valence-electron chi connectivity index (χ4n) is 4.53. The Bertz CT molecular complexity index is 1210. The van der Waals surface area contributed by atoms with Crippen molar-refractivity contribution in [3.8, 4) is 5.75 Å². The molecular formula is C31H42FN3O8. The minimum atomic E-state index is -1.42. The lowest BCUT2D eigenvalue weighted by Gasteiger charge is -2.37. The molecule has 236 valence electrons. The molecule has 0 radical (unpaired) electrons. The van der Waals surface area contributed by atoms with Crippen LogP contribution in [0.1, 0.15) is 37.8 Å². The summed E-state index contributed by atoms with van der Waals surface area (Å²) in [5, 5.41) is 38.1. The first-order valence-electron chi connectivity index (χ1n) is 14.3. The van der Waals surface area contributed by atoms with Crippen molar-refractivity contribution in [1.29, 1.82) is 0 Å². The summed E-state index contributed by atoms with van der Waals surface area (Å²) >= 11 is 0. The molecule has 12 heteroatoms. The molecule has 11 nitrogen and oxygen atoms in total. The van der Waals surface area contributed by atoms with Crippen LogP contribution in [0.5, 0.6) is 5.75 Å². The van der Waals surface area contributed by atoms with Gasteiger partial charge in [0.15, 0.2) is 11.9 Å². The van der Waals surface area contributed by atoms with Gasteiger partial charge in [-0.05, 0) is 74.3 Å². The molecule has 2 atom stereocenters. The number of nitrogens with zero attached hydrogens (tertiary/aromatic N) is 2. The molecule has 1 saturated heterocycles. The number of esters is 1. The number of halogens is 1. The van der Waals surface area contributed by atoms with E-state index in [0.717, 1.165) is 42.8 Å². The highest BCUT2D eigenvalue weighted by Gasteiger charge is 2.38. The number of hydrogen-bond donors (Lipinski definition) is 5. The SMILES string of the molecule is CC(C)COc1ccc(CNC(=O)N(Cc2ccc(F)cc2)C2CCN(C)CC2)cc1.O=C1O[C@H]([C@H](O)CO)C(O)=C1O. The molecule has 5 N–H and O–H groups in total. The molecular weight excluding hydrogens is 561 g/mol. The van der Waals surface area contributed by atoms with E-state index in [4.69, 9.17) is 25.2 Å². The third kappa shape index (κ3) is 10.1. The van der Waals surface area contributed by atoms with Crippen LogP contribution in [0.4, 0.5) is 9.18 Å². The molecule has 2 aromatic rings. The van der Waals surface area contributed by atoms with Crippen LogP contribution in [0.15, 0.2) is 60.0 Å². The van der Waals surface area contributed by atoms with Gasteiger partial charge in [-0.15, -0.1) is 0 Å². The van der Waals surface area contributed by atoms with Crippen molar-refractivity contribution in [3.63, 3.8) is 0 Å². The van der Waals surface area contributed by atoms with Gasteiger partial charge in [-0.3, -0.25) is 0 Å². The van der Waals surface area contributed by atoms with E-state index in [1.807, 2.05) is 29.2 Å². The normalized spacial score (nSPS) is 18.1. The fourth-order valence-corrected chi connectivity index (χ4v) is 4.53. The highest BCUT2D eigenvalue weighted by molar-refractivity contribution is 5.89. The predicted octanol–water partition coefficient (Wildman–Crippen LogP) is 3.26. The number of likely N-dealkylation sites (tertiary alicyclic amines) is 1. The number of aliphatic hydroxyl groups excluding tert-OH is 4. The number of aliphatic hydroxyl groups is 4. The number of piperidine rings is 1. The second-order valence-corrected chi connectivity index (χ2v) is 11.1. The summed E-state index contributed by atoms with van der Waals surface area (Å²) < 4.78 is 23.3. The molecule has 2 amide bonds. The van der Waals surface area contributed by atoms with E-state index >= 15 is 0 Å². The fraction of sp³-hybridized carbons (Fsp3) is 0.484. The maximum Gasteiger partial charge on any atom is 0.377 e. The van der Waals surface area contributed by atoms with Gasteiger partial charge in [0, 0.05) is 19.1 Å². The number of rotatable bonds is 10. The number of carbonyl (C=O) groups excluding carboxylic acids is 2. The van der Waals surface area contributed by atoms with E-state index in [2.05, 4.69) is 35.8 Å². The summed E-state index contributed by atoms with van der Waals surface area (Å²) in [7, 11) is 2.11. The van der Waals surface area contributed by atoms with Crippen molar-refractivity contribution in [1.82, 2.24) is 15.1 Å². The van der Waals surface area contributed by atoms with Crippen LogP contribution in [0.3, 0.4) is 0 Å². The number of ether oxygens (including phenoxy) is 2. The van der Waals surface area contributed by atoms with Crippen LogP contribution in [0.25, 0.3) is 0 Å². The summed E-state index contributed by atoms with van der Waals surface area (Å²) in [6, 6.07) is 14.3. The number of urea groups is 1. The number of benzene rings is 2. The van der Waals surface area contributed by atoms with Crippen LogP contribution in [0.2, 0.25) is 0 Å². The Balaban J connectivity index is 0.000000353. The molecule has 2 heterocycles. The molecule has 2 aliphatic rings. The maximum atomic E-state index is 13.3. The summed E-state index contributed by atoms with van der Waals surface area (Å²) in [4.78, 5) is 27.8.